The number of amides is 3. The van der Waals surface area contributed by atoms with Gasteiger partial charge in [-0.2, -0.15) is 0 Å². The molecule has 3 amide bonds. The first-order chi connectivity index (χ1) is 16.6. The Morgan fingerprint density at radius 3 is 2.46 bits per heavy atom. The van der Waals surface area contributed by atoms with Crippen molar-refractivity contribution in [2.45, 2.75) is 44.3 Å². The minimum Gasteiger partial charge on any atom is -0.480 e. The topological polar surface area (TPSA) is 231 Å². The predicted molar refractivity (Wildman–Crippen MR) is 130 cm³/mol. The number of benzene rings is 1. The molecule has 3 atom stereocenters. The van der Waals surface area contributed by atoms with E-state index in [4.69, 9.17) is 17.2 Å². The van der Waals surface area contributed by atoms with E-state index in [1.54, 1.807) is 6.20 Å². The van der Waals surface area contributed by atoms with Gasteiger partial charge in [0.15, 0.2) is 5.96 Å². The maximum Gasteiger partial charge on any atom is 0.326 e. The summed E-state index contributed by atoms with van der Waals surface area (Å²) in [5, 5.41) is 17.6. The molecule has 1 aromatic heterocycles. The lowest BCUT2D eigenvalue weighted by atomic mass is 10.0. The summed E-state index contributed by atoms with van der Waals surface area (Å²) in [4.78, 5) is 55.6. The van der Waals surface area contributed by atoms with E-state index in [0.29, 0.717) is 6.42 Å². The van der Waals surface area contributed by atoms with Gasteiger partial charge in [-0.1, -0.05) is 18.2 Å². The Balaban J connectivity index is 2.00. The maximum absolute atomic E-state index is 12.9. The molecular weight excluding hydrogens is 456 g/mol. The van der Waals surface area contributed by atoms with Crippen LogP contribution >= 0.6 is 0 Å². The van der Waals surface area contributed by atoms with Gasteiger partial charge in [-0.15, -0.1) is 0 Å². The molecule has 0 spiro atoms. The molecule has 2 aromatic rings. The van der Waals surface area contributed by atoms with Gasteiger partial charge in [0.1, 0.15) is 12.1 Å². The third-order valence-electron chi connectivity index (χ3n) is 5.15. The number of rotatable bonds is 13. The molecule has 35 heavy (non-hydrogen) atoms. The van der Waals surface area contributed by atoms with Crippen molar-refractivity contribution in [3.8, 4) is 0 Å². The zero-order chi connectivity index (χ0) is 26.0. The number of hydrogen-bond donors (Lipinski definition) is 8. The summed E-state index contributed by atoms with van der Waals surface area (Å²) in [5.41, 5.74) is 17.7. The van der Waals surface area contributed by atoms with Gasteiger partial charge in [0, 0.05) is 30.1 Å². The Bertz CT molecular complexity index is 1080. The van der Waals surface area contributed by atoms with Crippen LogP contribution in [0.15, 0.2) is 35.5 Å². The number of aliphatic carboxylic acids is 1. The largest absolute Gasteiger partial charge is 0.480 e. The lowest BCUT2D eigenvalue weighted by molar-refractivity contribution is -0.142. The molecule has 1 aromatic carbocycles. The molecule has 0 saturated carbocycles. The zero-order valence-electron chi connectivity index (χ0n) is 19.4. The van der Waals surface area contributed by atoms with E-state index >= 15 is 0 Å². The van der Waals surface area contributed by atoms with Crippen molar-refractivity contribution in [2.24, 2.45) is 22.2 Å². The highest BCUT2D eigenvalue weighted by molar-refractivity contribution is 5.93. The number of carbonyl (C=O) groups excluding carboxylic acids is 3. The number of carboxylic acids is 1. The fraction of sp³-hybridized carbons (Fsp3) is 0.409. The van der Waals surface area contributed by atoms with Gasteiger partial charge in [0.2, 0.25) is 17.7 Å². The molecule has 13 nitrogen and oxygen atoms in total. The number of aromatic nitrogens is 1. The van der Waals surface area contributed by atoms with Gasteiger partial charge < -0.3 is 43.2 Å². The van der Waals surface area contributed by atoms with Crippen molar-refractivity contribution in [3.05, 3.63) is 36.0 Å². The number of carboxylic acid groups (broad SMARTS) is 1. The van der Waals surface area contributed by atoms with E-state index in [0.717, 1.165) is 16.5 Å². The zero-order valence-corrected chi connectivity index (χ0v) is 19.4. The molecule has 190 valence electrons. The summed E-state index contributed by atoms with van der Waals surface area (Å²) in [5.74, 6) is -3.17. The quantitative estimate of drug-likeness (QED) is 0.0915. The number of fused-ring (bicyclic) bond motifs is 1. The van der Waals surface area contributed by atoms with Crippen molar-refractivity contribution in [1.82, 2.24) is 20.9 Å². The van der Waals surface area contributed by atoms with Crippen molar-refractivity contribution in [3.63, 3.8) is 0 Å². The second kappa shape index (κ2) is 12.9. The molecule has 0 aliphatic heterocycles. The maximum atomic E-state index is 12.9. The van der Waals surface area contributed by atoms with Gasteiger partial charge in [-0.05, 0) is 31.4 Å². The van der Waals surface area contributed by atoms with E-state index in [-0.39, 0.29) is 25.3 Å². The molecule has 11 N–H and O–H groups in total. The Hall–Kier alpha value is -4.13. The molecule has 0 aliphatic carbocycles. The highest BCUT2D eigenvalue weighted by Crippen LogP contribution is 2.19. The molecule has 0 bridgehead atoms. The SMILES string of the molecule is CC(N)C(=O)NC(Cc1c[nH]c2ccccc12)C(=O)NCC(=O)NC(CCCN=C(N)N)C(=O)O. The van der Waals surface area contributed by atoms with Gasteiger partial charge >= 0.3 is 5.97 Å². The smallest absolute Gasteiger partial charge is 0.326 e. The number of aromatic amines is 1. The lowest BCUT2D eigenvalue weighted by Crippen LogP contribution is -2.53. The van der Waals surface area contributed by atoms with Crippen molar-refractivity contribution in [2.75, 3.05) is 13.1 Å². The molecule has 1 heterocycles. The highest BCUT2D eigenvalue weighted by atomic mass is 16.4. The predicted octanol–water partition coefficient (Wildman–Crippen LogP) is -1.72. The number of carbonyl (C=O) groups is 4. The van der Waals surface area contributed by atoms with Gasteiger partial charge in [0.05, 0.1) is 12.6 Å². The molecule has 2 rings (SSSR count). The normalized spacial score (nSPS) is 13.3. The number of guanidine groups is 1. The number of H-pyrrole nitrogens is 1. The van der Waals surface area contributed by atoms with E-state index in [2.05, 4.69) is 25.9 Å². The first kappa shape index (κ1) is 27.1. The van der Waals surface area contributed by atoms with E-state index in [1.165, 1.54) is 6.92 Å². The van der Waals surface area contributed by atoms with Crippen LogP contribution in [-0.2, 0) is 25.6 Å². The first-order valence-electron chi connectivity index (χ1n) is 11.0. The second-order valence-electron chi connectivity index (χ2n) is 8.04. The van der Waals surface area contributed by atoms with Crippen molar-refractivity contribution >= 4 is 40.6 Å². The summed E-state index contributed by atoms with van der Waals surface area (Å²) in [6.45, 7) is 1.23. The molecular formula is C22H32N8O5. The van der Waals surface area contributed by atoms with Gasteiger partial charge in [-0.25, -0.2) is 4.79 Å². The van der Waals surface area contributed by atoms with Crippen LogP contribution in [0, 0.1) is 0 Å². The first-order valence-corrected chi connectivity index (χ1v) is 11.0. The Labute approximate surface area is 201 Å². The van der Waals surface area contributed by atoms with Gasteiger partial charge in [-0.3, -0.25) is 19.4 Å². The van der Waals surface area contributed by atoms with E-state index in [9.17, 15) is 24.3 Å². The Kier molecular flexibility index (Phi) is 10.0. The number of hydrogen-bond acceptors (Lipinski definition) is 6. The number of aliphatic imine (C=N–C) groups is 1. The van der Waals surface area contributed by atoms with Crippen molar-refractivity contribution < 1.29 is 24.3 Å². The van der Waals surface area contributed by atoms with Crippen LogP contribution in [0.25, 0.3) is 10.9 Å². The van der Waals surface area contributed by atoms with Crippen LogP contribution in [0.1, 0.15) is 25.3 Å². The highest BCUT2D eigenvalue weighted by Gasteiger charge is 2.25. The summed E-state index contributed by atoms with van der Waals surface area (Å²) >= 11 is 0. The van der Waals surface area contributed by atoms with Crippen LogP contribution in [0.4, 0.5) is 0 Å². The van der Waals surface area contributed by atoms with Crippen LogP contribution in [0.5, 0.6) is 0 Å². The van der Waals surface area contributed by atoms with Crippen LogP contribution in [0.3, 0.4) is 0 Å². The Morgan fingerprint density at radius 2 is 1.80 bits per heavy atom. The third kappa shape index (κ3) is 8.62. The minimum atomic E-state index is -1.23. The molecule has 0 saturated heterocycles. The molecule has 0 radical (unpaired) electrons. The van der Waals surface area contributed by atoms with Crippen LogP contribution < -0.4 is 33.2 Å². The van der Waals surface area contributed by atoms with Crippen LogP contribution in [0.2, 0.25) is 0 Å². The van der Waals surface area contributed by atoms with Crippen LogP contribution in [-0.4, -0.2) is 71.0 Å². The average Bonchev–Trinajstić information content (AvgIpc) is 3.21. The summed E-state index contributed by atoms with van der Waals surface area (Å²) in [6.07, 6.45) is 2.32. The number of nitrogens with two attached hydrogens (primary N) is 3. The summed E-state index contributed by atoms with van der Waals surface area (Å²) in [7, 11) is 0. The number of nitrogens with zero attached hydrogens (tertiary/aromatic N) is 1. The fourth-order valence-corrected chi connectivity index (χ4v) is 3.33. The lowest BCUT2D eigenvalue weighted by Gasteiger charge is -2.20. The molecule has 0 fully saturated rings. The standard InChI is InChI=1S/C22H32N8O5/c1-12(23)19(32)30-17(9-13-10-27-15-6-3-2-5-14(13)15)20(33)28-11-18(31)29-16(21(34)35)7-4-8-26-22(24)25/h2-3,5-6,10,12,16-17,27H,4,7-9,11,23H2,1H3,(H,28,33)(H,29,31)(H,30,32)(H,34,35)(H4,24,25,26). The molecule has 13 heteroatoms. The van der Waals surface area contributed by atoms with E-state index < -0.39 is 48.4 Å². The average molecular weight is 489 g/mol. The third-order valence-corrected chi connectivity index (χ3v) is 5.15. The van der Waals surface area contributed by atoms with E-state index in [1.807, 2.05) is 24.3 Å². The monoisotopic (exact) mass is 488 g/mol. The number of nitrogens with one attached hydrogen (secondary N) is 4. The summed E-state index contributed by atoms with van der Waals surface area (Å²) < 4.78 is 0. The Morgan fingerprint density at radius 1 is 1.09 bits per heavy atom. The summed E-state index contributed by atoms with van der Waals surface area (Å²) in [6, 6.07) is 4.48. The second-order valence-corrected chi connectivity index (χ2v) is 8.04. The molecule has 0 aliphatic rings. The molecule has 3 unspecified atom stereocenters. The van der Waals surface area contributed by atoms with Crippen molar-refractivity contribution in [1.29, 1.82) is 0 Å². The van der Waals surface area contributed by atoms with Gasteiger partial charge in [0.25, 0.3) is 0 Å². The number of para-hydroxylation sites is 1. The fourth-order valence-electron chi connectivity index (χ4n) is 3.33. The minimum absolute atomic E-state index is 0.0967.